The number of benzene rings is 2. The van der Waals surface area contributed by atoms with Crippen LogP contribution in [0.1, 0.15) is 31.8 Å². The molecule has 2 N–H and O–H groups in total. The molecule has 2 rings (SSSR count). The number of carbonyl (C=O) groups is 2. The Balaban J connectivity index is 2.05. The minimum Gasteiger partial charge on any atom is -0.478 e. The smallest absolute Gasteiger partial charge is 0.335 e. The maximum atomic E-state index is 12.0. The highest BCUT2D eigenvalue weighted by Gasteiger charge is 2.09. The van der Waals surface area contributed by atoms with Gasteiger partial charge in [-0.15, -0.1) is 0 Å². The molecule has 102 valence electrons. The van der Waals surface area contributed by atoms with E-state index in [9.17, 15) is 9.59 Å². The molecule has 0 radical (unpaired) electrons. The molecule has 0 saturated carbocycles. The minimum absolute atomic E-state index is 0.105. The van der Waals surface area contributed by atoms with Crippen molar-refractivity contribution in [3.63, 3.8) is 0 Å². The fraction of sp³-hybridized carbons (Fsp3) is 0.125. The van der Waals surface area contributed by atoms with Crippen LogP contribution < -0.4 is 5.32 Å². The lowest BCUT2D eigenvalue weighted by molar-refractivity contribution is 0.0697. The molecule has 20 heavy (non-hydrogen) atoms. The summed E-state index contributed by atoms with van der Waals surface area (Å²) in [6, 6.07) is 13.8. The fourth-order valence-electron chi connectivity index (χ4n) is 1.90. The van der Waals surface area contributed by atoms with Crippen molar-refractivity contribution in [3.05, 3.63) is 70.8 Å². The van der Waals surface area contributed by atoms with Crippen molar-refractivity contribution in [2.24, 2.45) is 0 Å². The van der Waals surface area contributed by atoms with Gasteiger partial charge in [0.15, 0.2) is 0 Å². The number of carboxylic acid groups (broad SMARTS) is 1. The number of aromatic carboxylic acids is 1. The van der Waals surface area contributed by atoms with E-state index in [1.807, 2.05) is 31.2 Å². The lowest BCUT2D eigenvalue weighted by Crippen LogP contribution is -2.23. The number of carbonyl (C=O) groups excluding carboxylic acids is 1. The summed E-state index contributed by atoms with van der Waals surface area (Å²) in [5.41, 5.74) is 2.59. The Morgan fingerprint density at radius 3 is 2.45 bits per heavy atom. The van der Waals surface area contributed by atoms with Crippen molar-refractivity contribution in [1.29, 1.82) is 0 Å². The highest BCUT2D eigenvalue weighted by molar-refractivity contribution is 5.97. The number of hydrogen-bond donors (Lipinski definition) is 2. The monoisotopic (exact) mass is 269 g/mol. The van der Waals surface area contributed by atoms with Gasteiger partial charge in [0.2, 0.25) is 0 Å². The third-order valence-corrected chi connectivity index (χ3v) is 2.91. The molecule has 2 aromatic carbocycles. The first-order valence-electron chi connectivity index (χ1n) is 6.23. The van der Waals surface area contributed by atoms with Crippen molar-refractivity contribution in [2.75, 3.05) is 0 Å². The van der Waals surface area contributed by atoms with E-state index in [1.54, 1.807) is 12.1 Å². The Kier molecular flexibility index (Phi) is 4.15. The zero-order valence-corrected chi connectivity index (χ0v) is 11.1. The summed E-state index contributed by atoms with van der Waals surface area (Å²) in [5.74, 6) is -1.33. The summed E-state index contributed by atoms with van der Waals surface area (Å²) in [7, 11) is 0. The summed E-state index contributed by atoms with van der Waals surface area (Å²) in [4.78, 5) is 22.8. The van der Waals surface area contributed by atoms with Crippen LogP contribution in [0.3, 0.4) is 0 Å². The molecule has 0 aromatic heterocycles. The van der Waals surface area contributed by atoms with Crippen LogP contribution in [0.25, 0.3) is 0 Å². The molecule has 0 aliphatic carbocycles. The average Bonchev–Trinajstić information content (AvgIpc) is 2.45. The van der Waals surface area contributed by atoms with Crippen LogP contribution in [-0.2, 0) is 6.54 Å². The van der Waals surface area contributed by atoms with E-state index in [-0.39, 0.29) is 11.5 Å². The van der Waals surface area contributed by atoms with Crippen LogP contribution in [0, 0.1) is 6.92 Å². The second kappa shape index (κ2) is 6.02. The van der Waals surface area contributed by atoms with Gasteiger partial charge in [0.1, 0.15) is 0 Å². The summed E-state index contributed by atoms with van der Waals surface area (Å²) in [6.07, 6.45) is 0. The van der Waals surface area contributed by atoms with Gasteiger partial charge in [-0.3, -0.25) is 4.79 Å². The minimum atomic E-state index is -1.04. The first-order valence-corrected chi connectivity index (χ1v) is 6.23. The Labute approximate surface area is 117 Å². The lowest BCUT2D eigenvalue weighted by Gasteiger charge is -2.06. The molecule has 0 spiro atoms. The zero-order chi connectivity index (χ0) is 14.5. The lowest BCUT2D eigenvalue weighted by atomic mass is 10.1. The molecule has 0 atom stereocenters. The molecule has 0 aliphatic rings. The van der Waals surface area contributed by atoms with Gasteiger partial charge in [-0.1, -0.05) is 35.9 Å². The second-order valence-electron chi connectivity index (χ2n) is 4.56. The number of carboxylic acids is 1. The van der Waals surface area contributed by atoms with Crippen LogP contribution in [0.5, 0.6) is 0 Å². The van der Waals surface area contributed by atoms with E-state index in [0.717, 1.165) is 11.1 Å². The predicted octanol–water partition coefficient (Wildman–Crippen LogP) is 2.62. The average molecular weight is 269 g/mol. The molecular formula is C16H15NO3. The molecule has 0 fully saturated rings. The molecule has 4 heteroatoms. The number of rotatable bonds is 4. The Hall–Kier alpha value is -2.62. The first-order chi connectivity index (χ1) is 9.56. The second-order valence-corrected chi connectivity index (χ2v) is 4.56. The molecule has 0 bridgehead atoms. The molecule has 2 aromatic rings. The Morgan fingerprint density at radius 1 is 1.05 bits per heavy atom. The van der Waals surface area contributed by atoms with Gasteiger partial charge in [0.25, 0.3) is 5.91 Å². The van der Waals surface area contributed by atoms with Gasteiger partial charge < -0.3 is 10.4 Å². The Bertz CT molecular complexity index is 650. The maximum absolute atomic E-state index is 12.0. The first kappa shape index (κ1) is 13.8. The van der Waals surface area contributed by atoms with Gasteiger partial charge in [0, 0.05) is 12.1 Å². The van der Waals surface area contributed by atoms with Crippen LogP contribution in [0.2, 0.25) is 0 Å². The molecule has 0 heterocycles. The molecule has 1 amide bonds. The standard InChI is InChI=1S/C16H15NO3/c1-11-4-2-5-12(8-11)10-17-15(18)13-6-3-7-14(9-13)16(19)20/h2-9H,10H2,1H3,(H,17,18)(H,19,20). The molecule has 0 aliphatic heterocycles. The van der Waals surface area contributed by atoms with Crippen molar-refractivity contribution >= 4 is 11.9 Å². The number of hydrogen-bond acceptors (Lipinski definition) is 2. The molecule has 0 unspecified atom stereocenters. The normalized spacial score (nSPS) is 10.1. The number of amides is 1. The summed E-state index contributed by atoms with van der Waals surface area (Å²) >= 11 is 0. The molecular weight excluding hydrogens is 254 g/mol. The zero-order valence-electron chi connectivity index (χ0n) is 11.1. The molecule has 0 saturated heterocycles. The van der Waals surface area contributed by atoms with E-state index in [4.69, 9.17) is 5.11 Å². The van der Waals surface area contributed by atoms with E-state index in [0.29, 0.717) is 12.1 Å². The number of nitrogens with one attached hydrogen (secondary N) is 1. The predicted molar refractivity (Wildman–Crippen MR) is 75.8 cm³/mol. The topological polar surface area (TPSA) is 66.4 Å². The third-order valence-electron chi connectivity index (χ3n) is 2.91. The van der Waals surface area contributed by atoms with Crippen molar-refractivity contribution in [3.8, 4) is 0 Å². The van der Waals surface area contributed by atoms with E-state index in [1.165, 1.54) is 12.1 Å². The van der Waals surface area contributed by atoms with Gasteiger partial charge in [-0.05, 0) is 30.7 Å². The van der Waals surface area contributed by atoms with Gasteiger partial charge in [-0.25, -0.2) is 4.79 Å². The highest BCUT2D eigenvalue weighted by atomic mass is 16.4. The van der Waals surface area contributed by atoms with Crippen molar-refractivity contribution in [1.82, 2.24) is 5.32 Å². The number of aryl methyl sites for hydroxylation is 1. The summed E-state index contributed by atoms with van der Waals surface area (Å²) in [5, 5.41) is 11.7. The van der Waals surface area contributed by atoms with Gasteiger partial charge >= 0.3 is 5.97 Å². The van der Waals surface area contributed by atoms with E-state index >= 15 is 0 Å². The molecule has 4 nitrogen and oxygen atoms in total. The fourth-order valence-corrected chi connectivity index (χ4v) is 1.90. The van der Waals surface area contributed by atoms with Crippen molar-refractivity contribution in [2.45, 2.75) is 13.5 Å². The summed E-state index contributed by atoms with van der Waals surface area (Å²) in [6.45, 7) is 2.40. The third kappa shape index (κ3) is 3.45. The van der Waals surface area contributed by atoms with Gasteiger partial charge in [-0.2, -0.15) is 0 Å². The largest absolute Gasteiger partial charge is 0.478 e. The van der Waals surface area contributed by atoms with E-state index < -0.39 is 5.97 Å². The van der Waals surface area contributed by atoms with Crippen LogP contribution in [-0.4, -0.2) is 17.0 Å². The van der Waals surface area contributed by atoms with Gasteiger partial charge in [0.05, 0.1) is 5.56 Å². The maximum Gasteiger partial charge on any atom is 0.335 e. The SMILES string of the molecule is Cc1cccc(CNC(=O)c2cccc(C(=O)O)c2)c1. The van der Waals surface area contributed by atoms with Crippen LogP contribution >= 0.6 is 0 Å². The highest BCUT2D eigenvalue weighted by Crippen LogP contribution is 2.07. The summed E-state index contributed by atoms with van der Waals surface area (Å²) < 4.78 is 0. The quantitative estimate of drug-likeness (QED) is 0.896. The van der Waals surface area contributed by atoms with Crippen LogP contribution in [0.15, 0.2) is 48.5 Å². The van der Waals surface area contributed by atoms with Crippen LogP contribution in [0.4, 0.5) is 0 Å². The van der Waals surface area contributed by atoms with E-state index in [2.05, 4.69) is 5.32 Å². The Morgan fingerprint density at radius 2 is 1.75 bits per heavy atom. The van der Waals surface area contributed by atoms with Crippen molar-refractivity contribution < 1.29 is 14.7 Å².